The summed E-state index contributed by atoms with van der Waals surface area (Å²) in [6.07, 6.45) is 0.815. The van der Waals surface area contributed by atoms with E-state index >= 15 is 0 Å². The number of furan rings is 1. The molecule has 1 unspecified atom stereocenters. The number of carbonyl (C=O) groups is 1. The third-order valence-electron chi connectivity index (χ3n) is 5.15. The maximum Gasteiger partial charge on any atom is 0.284 e. The number of hydrogen-bond donors (Lipinski definition) is 2. The molecule has 10 heteroatoms. The Balaban J connectivity index is 1.49. The number of benzene rings is 2. The zero-order valence-corrected chi connectivity index (χ0v) is 16.8. The molecule has 1 aliphatic rings. The molecule has 0 saturated heterocycles. The molecule has 4 aromatic rings. The Morgan fingerprint density at radius 1 is 1.09 bits per heavy atom. The van der Waals surface area contributed by atoms with Crippen LogP contribution in [-0.4, -0.2) is 27.7 Å². The number of rotatable bonds is 5. The normalized spacial score (nSPS) is 14.9. The van der Waals surface area contributed by atoms with Crippen molar-refractivity contribution in [1.29, 1.82) is 0 Å². The average molecular weight is 431 g/mol. The molecule has 1 atom stereocenters. The highest BCUT2D eigenvalue weighted by Gasteiger charge is 2.31. The fourth-order valence-corrected chi connectivity index (χ4v) is 3.59. The van der Waals surface area contributed by atoms with E-state index in [0.717, 1.165) is 5.69 Å². The highest BCUT2D eigenvalue weighted by Crippen LogP contribution is 2.36. The van der Waals surface area contributed by atoms with Crippen LogP contribution in [-0.2, 0) is 0 Å². The topological polar surface area (TPSA) is 124 Å². The zero-order valence-electron chi connectivity index (χ0n) is 16.8. The highest BCUT2D eigenvalue weighted by molar-refractivity contribution is 6.01. The number of methoxy groups -OCH3 is 1. The first kappa shape index (κ1) is 19.4. The van der Waals surface area contributed by atoms with E-state index in [4.69, 9.17) is 9.15 Å². The smallest absolute Gasteiger partial charge is 0.284 e. The average Bonchev–Trinajstić information content (AvgIpc) is 3.47. The molecule has 0 fully saturated rings. The van der Waals surface area contributed by atoms with Crippen molar-refractivity contribution in [1.82, 2.24) is 15.1 Å². The molecule has 0 radical (unpaired) electrons. The summed E-state index contributed by atoms with van der Waals surface area (Å²) in [6.45, 7) is 0. The number of nitrogens with zero attached hydrogens (tertiary/aromatic N) is 3. The first-order chi connectivity index (χ1) is 15.5. The van der Waals surface area contributed by atoms with Crippen molar-refractivity contribution in [3.05, 3.63) is 88.3 Å². The van der Waals surface area contributed by atoms with E-state index in [9.17, 15) is 14.9 Å². The minimum atomic E-state index is -0.680. The van der Waals surface area contributed by atoms with Crippen molar-refractivity contribution in [2.75, 3.05) is 12.4 Å². The SMILES string of the molecule is COc1ccc(-c2ccc(C3NC(=O)c4cnn(-c5ccccc5)c4N3)o2)c([N+](=O)[O-])c1. The molecule has 0 aliphatic carbocycles. The highest BCUT2D eigenvalue weighted by atomic mass is 16.6. The number of nitro groups is 1. The molecule has 2 aromatic carbocycles. The lowest BCUT2D eigenvalue weighted by Gasteiger charge is -2.25. The fourth-order valence-electron chi connectivity index (χ4n) is 3.59. The lowest BCUT2D eigenvalue weighted by molar-refractivity contribution is -0.384. The third-order valence-corrected chi connectivity index (χ3v) is 5.15. The minimum Gasteiger partial charge on any atom is -0.497 e. The van der Waals surface area contributed by atoms with E-state index in [1.165, 1.54) is 19.4 Å². The fraction of sp³-hybridized carbons (Fsp3) is 0.0909. The predicted octanol–water partition coefficient (Wildman–Crippen LogP) is 3.90. The molecule has 0 bridgehead atoms. The second-order valence-electron chi connectivity index (χ2n) is 7.05. The van der Waals surface area contributed by atoms with Crippen LogP contribution in [0.15, 0.2) is 71.3 Å². The Hall–Kier alpha value is -4.60. The summed E-state index contributed by atoms with van der Waals surface area (Å²) < 4.78 is 12.6. The molecule has 32 heavy (non-hydrogen) atoms. The molecule has 2 aromatic heterocycles. The molecule has 0 spiro atoms. The quantitative estimate of drug-likeness (QED) is 0.363. The van der Waals surface area contributed by atoms with E-state index in [-0.39, 0.29) is 11.6 Å². The molecule has 0 saturated carbocycles. The predicted molar refractivity (Wildman–Crippen MR) is 115 cm³/mol. The van der Waals surface area contributed by atoms with Gasteiger partial charge in [0.15, 0.2) is 6.17 Å². The molecule has 3 heterocycles. The van der Waals surface area contributed by atoms with Gasteiger partial charge in [-0.15, -0.1) is 0 Å². The van der Waals surface area contributed by atoms with Gasteiger partial charge in [-0.3, -0.25) is 14.9 Å². The van der Waals surface area contributed by atoms with Gasteiger partial charge < -0.3 is 19.8 Å². The molecular weight excluding hydrogens is 414 g/mol. The van der Waals surface area contributed by atoms with Gasteiger partial charge in [0, 0.05) is 0 Å². The number of nitrogens with one attached hydrogen (secondary N) is 2. The number of para-hydroxylation sites is 1. The number of nitro benzene ring substituents is 1. The van der Waals surface area contributed by atoms with E-state index < -0.39 is 11.1 Å². The maximum absolute atomic E-state index is 12.7. The van der Waals surface area contributed by atoms with Gasteiger partial charge in [-0.25, -0.2) is 4.68 Å². The summed E-state index contributed by atoms with van der Waals surface area (Å²) in [4.78, 5) is 23.7. The Labute approximate surface area is 181 Å². The molecule has 10 nitrogen and oxygen atoms in total. The van der Waals surface area contributed by atoms with E-state index in [0.29, 0.717) is 34.2 Å². The summed E-state index contributed by atoms with van der Waals surface area (Å²) in [5, 5.41) is 21.9. The van der Waals surface area contributed by atoms with E-state index in [1.807, 2.05) is 30.3 Å². The van der Waals surface area contributed by atoms with Crippen LogP contribution in [0.3, 0.4) is 0 Å². The molecule has 160 valence electrons. The van der Waals surface area contributed by atoms with Crippen LogP contribution in [0.1, 0.15) is 22.3 Å². The maximum atomic E-state index is 12.7. The van der Waals surface area contributed by atoms with Gasteiger partial charge >= 0.3 is 0 Å². The van der Waals surface area contributed by atoms with Gasteiger partial charge in [0.25, 0.3) is 11.6 Å². The second kappa shape index (κ2) is 7.58. The van der Waals surface area contributed by atoms with Crippen LogP contribution in [0.25, 0.3) is 17.0 Å². The molecule has 1 amide bonds. The Kier molecular flexibility index (Phi) is 4.59. The minimum absolute atomic E-state index is 0.143. The summed E-state index contributed by atoms with van der Waals surface area (Å²) in [5.74, 6) is 1.28. The summed E-state index contributed by atoms with van der Waals surface area (Å²) >= 11 is 0. The number of ether oxygens (including phenoxy) is 1. The molecular formula is C22H17N5O5. The molecule has 5 rings (SSSR count). The Morgan fingerprint density at radius 3 is 2.66 bits per heavy atom. The number of fused-ring (bicyclic) bond motifs is 1. The van der Waals surface area contributed by atoms with Gasteiger partial charge in [-0.05, 0) is 36.4 Å². The van der Waals surface area contributed by atoms with Crippen LogP contribution < -0.4 is 15.4 Å². The monoisotopic (exact) mass is 431 g/mol. The van der Waals surface area contributed by atoms with Crippen LogP contribution in [0, 0.1) is 10.1 Å². The van der Waals surface area contributed by atoms with Crippen LogP contribution in [0.4, 0.5) is 11.5 Å². The zero-order chi connectivity index (χ0) is 22.2. The number of carbonyl (C=O) groups excluding carboxylic acids is 1. The van der Waals surface area contributed by atoms with E-state index in [2.05, 4.69) is 15.7 Å². The number of amides is 1. The summed E-state index contributed by atoms with van der Waals surface area (Å²) in [5.41, 5.74) is 1.36. The lowest BCUT2D eigenvalue weighted by atomic mass is 10.1. The number of aromatic nitrogens is 2. The van der Waals surface area contributed by atoms with E-state index in [1.54, 1.807) is 28.9 Å². The molecule has 2 N–H and O–H groups in total. The summed E-state index contributed by atoms with van der Waals surface area (Å²) in [7, 11) is 1.44. The molecule has 1 aliphatic heterocycles. The Morgan fingerprint density at radius 2 is 1.91 bits per heavy atom. The largest absolute Gasteiger partial charge is 0.497 e. The van der Waals surface area contributed by atoms with Crippen molar-refractivity contribution in [3.8, 4) is 22.8 Å². The van der Waals surface area contributed by atoms with Crippen molar-refractivity contribution in [3.63, 3.8) is 0 Å². The van der Waals surface area contributed by atoms with Gasteiger partial charge in [-0.2, -0.15) is 5.10 Å². The number of anilines is 1. The van der Waals surface area contributed by atoms with Crippen molar-refractivity contribution in [2.24, 2.45) is 0 Å². The van der Waals surface area contributed by atoms with Crippen molar-refractivity contribution < 1.29 is 18.9 Å². The number of hydrogen-bond acceptors (Lipinski definition) is 7. The van der Waals surface area contributed by atoms with Crippen molar-refractivity contribution in [2.45, 2.75) is 6.17 Å². The Bertz CT molecular complexity index is 1330. The van der Waals surface area contributed by atoms with Crippen LogP contribution >= 0.6 is 0 Å². The van der Waals surface area contributed by atoms with Gasteiger partial charge in [0.05, 0.1) is 35.5 Å². The van der Waals surface area contributed by atoms with Crippen LogP contribution in [0.2, 0.25) is 0 Å². The van der Waals surface area contributed by atoms with Gasteiger partial charge in [0.1, 0.15) is 28.7 Å². The first-order valence-electron chi connectivity index (χ1n) is 9.68. The second-order valence-corrected chi connectivity index (χ2v) is 7.05. The standard InChI is InChI=1S/C22H17N5O5/c1-31-14-7-8-15(17(11-14)27(29)30)18-9-10-19(32-18)20-24-21-16(22(28)25-20)12-23-26(21)13-5-3-2-4-6-13/h2-12,20,24H,1H3,(H,25,28). The summed E-state index contributed by atoms with van der Waals surface area (Å²) in [6, 6.07) is 17.2. The lowest BCUT2D eigenvalue weighted by Crippen LogP contribution is -2.38. The van der Waals surface area contributed by atoms with Crippen LogP contribution in [0.5, 0.6) is 5.75 Å². The third kappa shape index (κ3) is 3.23. The van der Waals surface area contributed by atoms with Crippen molar-refractivity contribution >= 4 is 17.4 Å². The van der Waals surface area contributed by atoms with Gasteiger partial charge in [0.2, 0.25) is 0 Å². The first-order valence-corrected chi connectivity index (χ1v) is 9.68. The van der Waals surface area contributed by atoms with Gasteiger partial charge in [-0.1, -0.05) is 18.2 Å².